The summed E-state index contributed by atoms with van der Waals surface area (Å²) >= 11 is 0. The number of ether oxygens (including phenoxy) is 1. The van der Waals surface area contributed by atoms with E-state index in [1.54, 1.807) is 0 Å². The van der Waals surface area contributed by atoms with Crippen LogP contribution in [0.3, 0.4) is 0 Å². The van der Waals surface area contributed by atoms with E-state index in [0.29, 0.717) is 5.92 Å². The van der Waals surface area contributed by atoms with Gasteiger partial charge in [-0.15, -0.1) is 0 Å². The molecule has 0 saturated carbocycles. The van der Waals surface area contributed by atoms with Crippen LogP contribution in [-0.2, 0) is 9.53 Å². The Hall–Kier alpha value is -0.530. The number of methoxy groups -OCH3 is 1. The first-order valence-electron chi connectivity index (χ1n) is 16.0. The molecule has 0 aliphatic rings. The van der Waals surface area contributed by atoms with Gasteiger partial charge in [0, 0.05) is 0 Å². The Balaban J connectivity index is 3.42. The molecule has 0 spiro atoms. The van der Waals surface area contributed by atoms with Crippen LogP contribution < -0.4 is 0 Å². The Bertz CT molecular complexity index is 446. The van der Waals surface area contributed by atoms with E-state index >= 15 is 0 Å². The van der Waals surface area contributed by atoms with E-state index < -0.39 is 0 Å². The molecule has 2 nitrogen and oxygen atoms in total. The molecular weight excluding hydrogens is 428 g/mol. The van der Waals surface area contributed by atoms with Crippen molar-refractivity contribution in [1.29, 1.82) is 0 Å². The number of hydrogen-bond acceptors (Lipinski definition) is 2. The van der Waals surface area contributed by atoms with Crippen LogP contribution in [0.5, 0.6) is 0 Å². The van der Waals surface area contributed by atoms with E-state index in [1.807, 2.05) is 6.92 Å². The van der Waals surface area contributed by atoms with Gasteiger partial charge in [0.1, 0.15) is 0 Å². The van der Waals surface area contributed by atoms with Crippen LogP contribution in [0, 0.1) is 23.7 Å². The van der Waals surface area contributed by atoms with Gasteiger partial charge in [0.25, 0.3) is 0 Å². The molecule has 0 aromatic carbocycles. The van der Waals surface area contributed by atoms with Crippen molar-refractivity contribution < 1.29 is 9.53 Å². The van der Waals surface area contributed by atoms with Crippen molar-refractivity contribution in [2.75, 3.05) is 7.11 Å². The van der Waals surface area contributed by atoms with Crippen molar-refractivity contribution >= 4 is 5.97 Å². The fraction of sp³-hybridized carbons (Fsp3) is 0.970. The van der Waals surface area contributed by atoms with Gasteiger partial charge < -0.3 is 4.74 Å². The van der Waals surface area contributed by atoms with Gasteiger partial charge in [0.15, 0.2) is 0 Å². The minimum Gasteiger partial charge on any atom is -0.469 e. The van der Waals surface area contributed by atoms with Crippen molar-refractivity contribution in [2.24, 2.45) is 23.7 Å². The number of carbonyl (C=O) groups is 1. The summed E-state index contributed by atoms with van der Waals surface area (Å²) in [7, 11) is 1.49. The molecule has 0 rings (SSSR count). The van der Waals surface area contributed by atoms with Crippen LogP contribution in [-0.4, -0.2) is 13.1 Å². The van der Waals surface area contributed by atoms with E-state index in [9.17, 15) is 4.79 Å². The molecule has 210 valence electrons. The second kappa shape index (κ2) is 25.1. The second-order valence-electron chi connectivity index (χ2n) is 12.2. The topological polar surface area (TPSA) is 26.3 Å². The summed E-state index contributed by atoms with van der Waals surface area (Å²) in [5.74, 6) is 2.14. The second-order valence-corrected chi connectivity index (χ2v) is 12.2. The molecular formula is C33H66O2. The first-order valence-corrected chi connectivity index (χ1v) is 16.0. The highest BCUT2D eigenvalue weighted by molar-refractivity contribution is 5.71. The van der Waals surface area contributed by atoms with Crippen LogP contribution in [0.1, 0.15) is 176 Å². The summed E-state index contributed by atoms with van der Waals surface area (Å²) in [6, 6.07) is 0. The summed E-state index contributed by atoms with van der Waals surface area (Å²) in [5.41, 5.74) is 0. The normalized spacial score (nSPS) is 15.0. The number of rotatable bonds is 26. The smallest absolute Gasteiger partial charge is 0.308 e. The molecule has 0 aliphatic heterocycles. The molecule has 4 atom stereocenters. The van der Waals surface area contributed by atoms with Crippen LogP contribution in [0.15, 0.2) is 0 Å². The molecule has 0 aliphatic carbocycles. The molecule has 0 radical (unpaired) electrons. The minimum atomic E-state index is -0.0630. The fourth-order valence-electron chi connectivity index (χ4n) is 5.98. The summed E-state index contributed by atoms with van der Waals surface area (Å²) in [6.45, 7) is 11.4. The summed E-state index contributed by atoms with van der Waals surface area (Å²) in [4.78, 5) is 11.6. The SMILES string of the molecule is CCCCCCCCCCCCCCCCCCCC[C@@H](C)C[C@@H](C)C[C@@H](C)C[C@@H](C)C(=O)OC. The average molecular weight is 495 g/mol. The van der Waals surface area contributed by atoms with Crippen molar-refractivity contribution in [3.05, 3.63) is 0 Å². The Morgan fingerprint density at radius 3 is 1.26 bits per heavy atom. The predicted octanol–water partition coefficient (Wildman–Crippen LogP) is 11.3. The quantitative estimate of drug-likeness (QED) is 0.0882. The zero-order valence-electron chi connectivity index (χ0n) is 25.2. The highest BCUT2D eigenvalue weighted by Gasteiger charge is 2.19. The van der Waals surface area contributed by atoms with E-state index in [0.717, 1.165) is 18.3 Å². The molecule has 0 saturated heterocycles. The molecule has 2 heteroatoms. The Morgan fingerprint density at radius 2 is 0.857 bits per heavy atom. The Morgan fingerprint density at radius 1 is 0.514 bits per heavy atom. The first-order chi connectivity index (χ1) is 16.9. The standard InChI is InChI=1S/C33H66O2/c1-7-8-9-10-11-12-13-14-15-16-17-18-19-20-21-22-23-24-25-29(2)26-30(3)27-31(4)28-32(5)33(34)35-6/h29-32H,7-28H2,1-6H3/t29-,30-,31-,32-/m1/s1. The lowest BCUT2D eigenvalue weighted by Gasteiger charge is -2.22. The Labute approximate surface area is 222 Å². The monoisotopic (exact) mass is 495 g/mol. The average Bonchev–Trinajstić information content (AvgIpc) is 2.82. The molecule has 0 bridgehead atoms. The zero-order chi connectivity index (χ0) is 26.2. The minimum absolute atomic E-state index is 0.0272. The van der Waals surface area contributed by atoms with Gasteiger partial charge >= 0.3 is 5.97 Å². The lowest BCUT2D eigenvalue weighted by molar-refractivity contribution is -0.145. The highest BCUT2D eigenvalue weighted by Crippen LogP contribution is 2.26. The molecule has 0 amide bonds. The van der Waals surface area contributed by atoms with Gasteiger partial charge in [-0.2, -0.15) is 0 Å². The third-order valence-corrected chi connectivity index (χ3v) is 8.02. The Kier molecular flexibility index (Phi) is 24.8. The molecule has 35 heavy (non-hydrogen) atoms. The zero-order valence-corrected chi connectivity index (χ0v) is 25.2. The van der Waals surface area contributed by atoms with Crippen molar-refractivity contribution in [3.63, 3.8) is 0 Å². The van der Waals surface area contributed by atoms with Gasteiger partial charge in [-0.1, -0.05) is 157 Å². The number of esters is 1. The van der Waals surface area contributed by atoms with Gasteiger partial charge in [0.2, 0.25) is 0 Å². The molecule has 0 aromatic heterocycles. The van der Waals surface area contributed by atoms with Crippen LogP contribution >= 0.6 is 0 Å². The van der Waals surface area contributed by atoms with Crippen molar-refractivity contribution in [1.82, 2.24) is 0 Å². The maximum absolute atomic E-state index is 11.6. The predicted molar refractivity (Wildman–Crippen MR) is 156 cm³/mol. The summed E-state index contributed by atoms with van der Waals surface area (Å²) in [5, 5.41) is 0. The lowest BCUT2D eigenvalue weighted by Crippen LogP contribution is -2.17. The first kappa shape index (κ1) is 34.5. The molecule has 0 unspecified atom stereocenters. The van der Waals surface area contributed by atoms with E-state index in [1.165, 1.54) is 142 Å². The lowest BCUT2D eigenvalue weighted by atomic mass is 9.84. The maximum atomic E-state index is 11.6. The van der Waals surface area contributed by atoms with Gasteiger partial charge in [-0.05, 0) is 37.0 Å². The van der Waals surface area contributed by atoms with Crippen molar-refractivity contribution in [3.8, 4) is 0 Å². The number of hydrogen-bond donors (Lipinski definition) is 0. The fourth-order valence-corrected chi connectivity index (χ4v) is 5.98. The molecule has 0 heterocycles. The third kappa shape index (κ3) is 23.6. The maximum Gasteiger partial charge on any atom is 0.308 e. The van der Waals surface area contributed by atoms with Gasteiger partial charge in [0.05, 0.1) is 13.0 Å². The van der Waals surface area contributed by atoms with Crippen LogP contribution in [0.25, 0.3) is 0 Å². The van der Waals surface area contributed by atoms with Gasteiger partial charge in [-0.25, -0.2) is 0 Å². The van der Waals surface area contributed by atoms with Gasteiger partial charge in [-0.3, -0.25) is 4.79 Å². The third-order valence-electron chi connectivity index (χ3n) is 8.02. The van der Waals surface area contributed by atoms with E-state index in [2.05, 4.69) is 27.7 Å². The van der Waals surface area contributed by atoms with Crippen LogP contribution in [0.4, 0.5) is 0 Å². The van der Waals surface area contributed by atoms with E-state index in [4.69, 9.17) is 4.74 Å². The molecule has 0 N–H and O–H groups in total. The largest absolute Gasteiger partial charge is 0.469 e. The number of unbranched alkanes of at least 4 members (excludes halogenated alkanes) is 17. The number of carbonyl (C=O) groups excluding carboxylic acids is 1. The van der Waals surface area contributed by atoms with Crippen LogP contribution in [0.2, 0.25) is 0 Å². The molecule has 0 fully saturated rings. The van der Waals surface area contributed by atoms with E-state index in [-0.39, 0.29) is 11.9 Å². The highest BCUT2D eigenvalue weighted by atomic mass is 16.5. The molecule has 0 aromatic rings. The summed E-state index contributed by atoms with van der Waals surface area (Å²) in [6.07, 6.45) is 31.0. The summed E-state index contributed by atoms with van der Waals surface area (Å²) < 4.78 is 4.87. The van der Waals surface area contributed by atoms with Crippen molar-refractivity contribution in [2.45, 2.75) is 176 Å².